The summed E-state index contributed by atoms with van der Waals surface area (Å²) >= 11 is 0. The molecule has 1 aliphatic heterocycles. The first kappa shape index (κ1) is 21.5. The van der Waals surface area contributed by atoms with Gasteiger partial charge >= 0.3 is 0 Å². The molecule has 1 N–H and O–H groups in total. The molecule has 1 heterocycles. The number of piperidine rings is 1. The molecule has 0 radical (unpaired) electrons. The van der Waals surface area contributed by atoms with Crippen LogP contribution in [-0.2, 0) is 6.42 Å². The highest BCUT2D eigenvalue weighted by molar-refractivity contribution is 14.0. The van der Waals surface area contributed by atoms with Gasteiger partial charge in [0, 0.05) is 39.5 Å². The van der Waals surface area contributed by atoms with E-state index in [-0.39, 0.29) is 35.9 Å². The van der Waals surface area contributed by atoms with E-state index in [1.807, 2.05) is 42.5 Å². The number of para-hydroxylation sites is 1. The van der Waals surface area contributed by atoms with Crippen molar-refractivity contribution < 1.29 is 9.13 Å². The molecule has 0 aliphatic carbocycles. The third-order valence-electron chi connectivity index (χ3n) is 4.63. The predicted octanol–water partition coefficient (Wildman–Crippen LogP) is 4.11. The molecule has 0 unspecified atom stereocenters. The fourth-order valence-corrected chi connectivity index (χ4v) is 3.22. The number of guanidine groups is 1. The fourth-order valence-electron chi connectivity index (χ4n) is 3.22. The maximum atomic E-state index is 13.7. The molecule has 0 spiro atoms. The zero-order valence-corrected chi connectivity index (χ0v) is 17.9. The minimum atomic E-state index is -0.150. The summed E-state index contributed by atoms with van der Waals surface area (Å²) in [4.78, 5) is 6.61. The number of likely N-dealkylation sites (tertiary alicyclic amines) is 1. The zero-order valence-electron chi connectivity index (χ0n) is 15.6. The zero-order chi connectivity index (χ0) is 18.2. The van der Waals surface area contributed by atoms with Crippen LogP contribution in [0.1, 0.15) is 18.4 Å². The van der Waals surface area contributed by atoms with Crippen molar-refractivity contribution in [3.05, 3.63) is 66.0 Å². The first-order valence-corrected chi connectivity index (χ1v) is 9.17. The molecule has 2 aromatic carbocycles. The van der Waals surface area contributed by atoms with Gasteiger partial charge < -0.3 is 15.0 Å². The second-order valence-electron chi connectivity index (χ2n) is 6.43. The van der Waals surface area contributed by atoms with Crippen LogP contribution in [0.4, 0.5) is 4.39 Å². The van der Waals surface area contributed by atoms with E-state index in [0.717, 1.165) is 43.2 Å². The van der Waals surface area contributed by atoms with Crippen LogP contribution in [-0.4, -0.2) is 43.6 Å². The summed E-state index contributed by atoms with van der Waals surface area (Å²) in [5.41, 5.74) is 0.727. The average molecular weight is 483 g/mol. The molecule has 2 aromatic rings. The maximum absolute atomic E-state index is 13.7. The minimum absolute atomic E-state index is 0. The van der Waals surface area contributed by atoms with Gasteiger partial charge in [-0.1, -0.05) is 36.4 Å². The van der Waals surface area contributed by atoms with Crippen LogP contribution < -0.4 is 10.1 Å². The summed E-state index contributed by atoms with van der Waals surface area (Å²) in [7, 11) is 1.79. The van der Waals surface area contributed by atoms with Gasteiger partial charge in [0.2, 0.25) is 0 Å². The van der Waals surface area contributed by atoms with E-state index in [4.69, 9.17) is 4.74 Å². The first-order chi connectivity index (χ1) is 12.8. The number of nitrogens with one attached hydrogen (secondary N) is 1. The molecule has 4 nitrogen and oxygen atoms in total. The highest BCUT2D eigenvalue weighted by Gasteiger charge is 2.22. The van der Waals surface area contributed by atoms with E-state index in [9.17, 15) is 4.39 Å². The standard InChI is InChI=1S/C21H26FN3O.HI/c1-23-21(24-14-11-17-7-5-6-10-20(17)22)25-15-12-19(13-16-25)26-18-8-3-2-4-9-18;/h2-10,19H,11-16H2,1H3,(H,23,24);1H. The molecule has 6 heteroatoms. The van der Waals surface area contributed by atoms with Crippen LogP contribution in [0.15, 0.2) is 59.6 Å². The van der Waals surface area contributed by atoms with Crippen molar-refractivity contribution in [2.45, 2.75) is 25.4 Å². The number of aliphatic imine (C=N–C) groups is 1. The Bertz CT molecular complexity index is 718. The Labute approximate surface area is 177 Å². The third kappa shape index (κ3) is 6.37. The Balaban J connectivity index is 0.00000261. The van der Waals surface area contributed by atoms with Gasteiger partial charge in [-0.15, -0.1) is 24.0 Å². The van der Waals surface area contributed by atoms with Gasteiger partial charge in [0.1, 0.15) is 17.7 Å². The number of nitrogens with zero attached hydrogens (tertiary/aromatic N) is 2. The van der Waals surface area contributed by atoms with Crippen LogP contribution in [0.5, 0.6) is 5.75 Å². The van der Waals surface area contributed by atoms with E-state index in [2.05, 4.69) is 15.2 Å². The largest absolute Gasteiger partial charge is 0.490 e. The van der Waals surface area contributed by atoms with Gasteiger partial charge in [-0.3, -0.25) is 4.99 Å². The second kappa shape index (κ2) is 11.1. The normalized spacial score (nSPS) is 15.2. The van der Waals surface area contributed by atoms with E-state index < -0.39 is 0 Å². The Morgan fingerprint density at radius 2 is 1.78 bits per heavy atom. The van der Waals surface area contributed by atoms with Gasteiger partial charge in [0.25, 0.3) is 0 Å². The van der Waals surface area contributed by atoms with Crippen molar-refractivity contribution >= 4 is 29.9 Å². The fraction of sp³-hybridized carbons (Fsp3) is 0.381. The van der Waals surface area contributed by atoms with Crippen molar-refractivity contribution in [2.75, 3.05) is 26.7 Å². The van der Waals surface area contributed by atoms with Crippen LogP contribution in [0, 0.1) is 5.82 Å². The Morgan fingerprint density at radius 3 is 2.44 bits per heavy atom. The lowest BCUT2D eigenvalue weighted by Gasteiger charge is -2.34. The summed E-state index contributed by atoms with van der Waals surface area (Å²) in [5.74, 6) is 1.65. The molecular weight excluding hydrogens is 456 g/mol. The topological polar surface area (TPSA) is 36.9 Å². The number of rotatable bonds is 5. The Hall–Kier alpha value is -1.83. The summed E-state index contributed by atoms with van der Waals surface area (Å²) in [6.07, 6.45) is 2.80. The van der Waals surface area contributed by atoms with Gasteiger partial charge in [0.15, 0.2) is 5.96 Å². The maximum Gasteiger partial charge on any atom is 0.193 e. The summed E-state index contributed by atoms with van der Waals surface area (Å²) < 4.78 is 19.7. The van der Waals surface area contributed by atoms with Gasteiger partial charge in [0.05, 0.1) is 0 Å². The first-order valence-electron chi connectivity index (χ1n) is 9.17. The lowest BCUT2D eigenvalue weighted by molar-refractivity contribution is 0.129. The molecular formula is C21H27FIN3O. The minimum Gasteiger partial charge on any atom is -0.490 e. The number of hydrogen-bond donors (Lipinski definition) is 1. The van der Waals surface area contributed by atoms with Gasteiger partial charge in [-0.05, 0) is 30.2 Å². The summed E-state index contributed by atoms with van der Waals surface area (Å²) in [5, 5.41) is 3.35. The smallest absolute Gasteiger partial charge is 0.193 e. The number of halogens is 2. The number of hydrogen-bond acceptors (Lipinski definition) is 2. The molecule has 0 aromatic heterocycles. The summed E-state index contributed by atoms with van der Waals surface area (Å²) in [6.45, 7) is 2.46. The van der Waals surface area contributed by atoms with E-state index in [1.165, 1.54) is 6.07 Å². The van der Waals surface area contributed by atoms with Crippen LogP contribution in [0.25, 0.3) is 0 Å². The predicted molar refractivity (Wildman–Crippen MR) is 119 cm³/mol. The van der Waals surface area contributed by atoms with E-state index >= 15 is 0 Å². The second-order valence-corrected chi connectivity index (χ2v) is 6.43. The van der Waals surface area contributed by atoms with Crippen molar-refractivity contribution in [2.24, 2.45) is 4.99 Å². The number of benzene rings is 2. The monoisotopic (exact) mass is 483 g/mol. The quantitative estimate of drug-likeness (QED) is 0.395. The van der Waals surface area contributed by atoms with Gasteiger partial charge in [-0.2, -0.15) is 0 Å². The third-order valence-corrected chi connectivity index (χ3v) is 4.63. The molecule has 1 aliphatic rings. The van der Waals surface area contributed by atoms with Crippen molar-refractivity contribution in [3.8, 4) is 5.75 Å². The van der Waals surface area contributed by atoms with Crippen LogP contribution in [0.3, 0.4) is 0 Å². The number of ether oxygens (including phenoxy) is 1. The molecule has 0 bridgehead atoms. The molecule has 0 atom stereocenters. The highest BCUT2D eigenvalue weighted by Crippen LogP contribution is 2.18. The summed E-state index contributed by atoms with van der Waals surface area (Å²) in [6, 6.07) is 16.9. The van der Waals surface area contributed by atoms with Crippen LogP contribution >= 0.6 is 24.0 Å². The van der Waals surface area contributed by atoms with Crippen molar-refractivity contribution in [1.29, 1.82) is 0 Å². The molecule has 0 saturated carbocycles. The van der Waals surface area contributed by atoms with Crippen LogP contribution in [0.2, 0.25) is 0 Å². The Morgan fingerprint density at radius 1 is 1.11 bits per heavy atom. The SMILES string of the molecule is CN=C(NCCc1ccccc1F)N1CCC(Oc2ccccc2)CC1.I. The molecule has 146 valence electrons. The Kier molecular flexibility index (Phi) is 8.84. The molecule has 1 fully saturated rings. The lowest BCUT2D eigenvalue weighted by atomic mass is 10.1. The lowest BCUT2D eigenvalue weighted by Crippen LogP contribution is -2.47. The van der Waals surface area contributed by atoms with Gasteiger partial charge in [-0.25, -0.2) is 4.39 Å². The van der Waals surface area contributed by atoms with Crippen molar-refractivity contribution in [1.82, 2.24) is 10.2 Å². The molecule has 3 rings (SSSR count). The molecule has 1 saturated heterocycles. The van der Waals surface area contributed by atoms with E-state index in [0.29, 0.717) is 13.0 Å². The van der Waals surface area contributed by atoms with Crippen molar-refractivity contribution in [3.63, 3.8) is 0 Å². The molecule has 0 amide bonds. The highest BCUT2D eigenvalue weighted by atomic mass is 127. The average Bonchev–Trinajstić information content (AvgIpc) is 2.68. The molecule has 27 heavy (non-hydrogen) atoms. The van der Waals surface area contributed by atoms with E-state index in [1.54, 1.807) is 13.1 Å².